The number of hydrogen-bond acceptors (Lipinski definition) is 5. The lowest BCUT2D eigenvalue weighted by atomic mass is 9.96. The van der Waals surface area contributed by atoms with Crippen LogP contribution in [-0.2, 0) is 13.1 Å². The van der Waals surface area contributed by atoms with Crippen LogP contribution in [0.15, 0.2) is 35.7 Å². The molecule has 4 rings (SSSR count). The largest absolute Gasteiger partial charge is 0.338 e. The Balaban J connectivity index is 1.49. The molecule has 1 atom stereocenters. The number of amides is 1. The van der Waals surface area contributed by atoms with Crippen LogP contribution in [-0.4, -0.2) is 48.2 Å². The van der Waals surface area contributed by atoms with E-state index in [9.17, 15) is 4.79 Å². The van der Waals surface area contributed by atoms with Crippen LogP contribution < -0.4 is 0 Å². The molecule has 0 aromatic carbocycles. The molecule has 0 radical (unpaired) electrons. The van der Waals surface area contributed by atoms with E-state index in [1.165, 1.54) is 0 Å². The molecule has 1 unspecified atom stereocenters. The predicted molar refractivity (Wildman–Crippen MR) is 99.2 cm³/mol. The minimum atomic E-state index is 0.0620. The van der Waals surface area contributed by atoms with Gasteiger partial charge in [-0.2, -0.15) is 5.10 Å². The highest BCUT2D eigenvalue weighted by molar-refractivity contribution is 7.07. The van der Waals surface area contributed by atoms with Crippen LogP contribution in [0.5, 0.6) is 0 Å². The van der Waals surface area contributed by atoms with Crippen LogP contribution in [0, 0.1) is 0 Å². The Labute approximate surface area is 156 Å². The maximum atomic E-state index is 12.8. The molecule has 1 fully saturated rings. The van der Waals surface area contributed by atoms with E-state index in [4.69, 9.17) is 0 Å². The Morgan fingerprint density at radius 3 is 3.08 bits per heavy atom. The van der Waals surface area contributed by atoms with Gasteiger partial charge in [-0.25, -0.2) is 9.97 Å². The second-order valence-electron chi connectivity index (χ2n) is 6.57. The standard InChI is InChI=1S/C18H22N6OS/c1-2-24-10-15(8-21-24)18(25)23-6-3-4-14(9-23)17-19-5-7-22(17)11-16-12-26-13-20-16/h5,7-8,10,12-14H,2-4,6,9,11H2,1H3. The normalized spacial score (nSPS) is 17.6. The van der Waals surface area contributed by atoms with Gasteiger partial charge in [0.15, 0.2) is 0 Å². The Morgan fingerprint density at radius 1 is 1.38 bits per heavy atom. The van der Waals surface area contributed by atoms with Crippen molar-refractivity contribution < 1.29 is 4.79 Å². The second kappa shape index (κ2) is 7.41. The number of hydrogen-bond donors (Lipinski definition) is 0. The van der Waals surface area contributed by atoms with Gasteiger partial charge < -0.3 is 9.47 Å². The minimum absolute atomic E-state index is 0.0620. The number of thiazole rings is 1. The summed E-state index contributed by atoms with van der Waals surface area (Å²) in [5.41, 5.74) is 3.56. The Kier molecular flexibility index (Phi) is 4.83. The first-order chi connectivity index (χ1) is 12.7. The van der Waals surface area contributed by atoms with Crippen molar-refractivity contribution in [2.24, 2.45) is 0 Å². The van der Waals surface area contributed by atoms with Gasteiger partial charge in [0.25, 0.3) is 5.91 Å². The molecular formula is C18H22N6OS. The van der Waals surface area contributed by atoms with Crippen LogP contribution in [0.4, 0.5) is 0 Å². The quantitative estimate of drug-likeness (QED) is 0.692. The van der Waals surface area contributed by atoms with Gasteiger partial charge in [0.05, 0.1) is 29.5 Å². The van der Waals surface area contributed by atoms with E-state index < -0.39 is 0 Å². The molecule has 1 aliphatic heterocycles. The van der Waals surface area contributed by atoms with Crippen LogP contribution >= 0.6 is 11.3 Å². The molecule has 1 aliphatic rings. The number of imidazole rings is 1. The average molecular weight is 370 g/mol. The molecule has 136 valence electrons. The summed E-state index contributed by atoms with van der Waals surface area (Å²) in [7, 11) is 0. The van der Waals surface area contributed by atoms with Gasteiger partial charge in [-0.15, -0.1) is 11.3 Å². The topological polar surface area (TPSA) is 68.8 Å². The summed E-state index contributed by atoms with van der Waals surface area (Å²) in [5.74, 6) is 1.36. The first-order valence-corrected chi connectivity index (χ1v) is 9.88. The molecule has 1 saturated heterocycles. The van der Waals surface area contributed by atoms with Crippen molar-refractivity contribution in [2.45, 2.75) is 38.8 Å². The average Bonchev–Trinajstić information content (AvgIpc) is 3.43. The van der Waals surface area contributed by atoms with Gasteiger partial charge >= 0.3 is 0 Å². The molecule has 7 nitrogen and oxygen atoms in total. The lowest BCUT2D eigenvalue weighted by Crippen LogP contribution is -2.39. The van der Waals surface area contributed by atoms with Crippen LogP contribution in [0.2, 0.25) is 0 Å². The first-order valence-electron chi connectivity index (χ1n) is 8.94. The molecule has 8 heteroatoms. The van der Waals surface area contributed by atoms with Crippen molar-refractivity contribution in [3.63, 3.8) is 0 Å². The summed E-state index contributed by atoms with van der Waals surface area (Å²) in [5, 5.41) is 6.28. The SMILES string of the molecule is CCn1cc(C(=O)N2CCCC(c3nccn3Cc3cscn3)C2)cn1. The molecule has 3 aromatic heterocycles. The number of piperidine rings is 1. The van der Waals surface area contributed by atoms with Crippen molar-refractivity contribution >= 4 is 17.2 Å². The van der Waals surface area contributed by atoms with E-state index in [1.54, 1.807) is 22.2 Å². The highest BCUT2D eigenvalue weighted by Gasteiger charge is 2.28. The van der Waals surface area contributed by atoms with Crippen molar-refractivity contribution in [2.75, 3.05) is 13.1 Å². The summed E-state index contributed by atoms with van der Waals surface area (Å²) in [4.78, 5) is 23.7. The molecule has 26 heavy (non-hydrogen) atoms. The fraction of sp³-hybridized carbons (Fsp3) is 0.444. The lowest BCUT2D eigenvalue weighted by Gasteiger charge is -2.32. The summed E-state index contributed by atoms with van der Waals surface area (Å²) >= 11 is 1.60. The third-order valence-electron chi connectivity index (χ3n) is 4.84. The van der Waals surface area contributed by atoms with Crippen molar-refractivity contribution in [3.8, 4) is 0 Å². The molecule has 0 saturated carbocycles. The van der Waals surface area contributed by atoms with E-state index in [0.29, 0.717) is 12.1 Å². The number of aryl methyl sites for hydroxylation is 1. The zero-order valence-electron chi connectivity index (χ0n) is 14.8. The maximum Gasteiger partial charge on any atom is 0.257 e. The molecule has 4 heterocycles. The third kappa shape index (κ3) is 3.41. The fourth-order valence-corrected chi connectivity index (χ4v) is 4.06. The van der Waals surface area contributed by atoms with Crippen molar-refractivity contribution in [3.05, 3.63) is 52.8 Å². The summed E-state index contributed by atoms with van der Waals surface area (Å²) in [6.07, 6.45) is 9.37. The highest BCUT2D eigenvalue weighted by Crippen LogP contribution is 2.27. The number of aromatic nitrogens is 5. The third-order valence-corrected chi connectivity index (χ3v) is 5.48. The monoisotopic (exact) mass is 370 g/mol. The number of nitrogens with zero attached hydrogens (tertiary/aromatic N) is 6. The van der Waals surface area contributed by atoms with Gasteiger partial charge in [-0.05, 0) is 19.8 Å². The smallest absolute Gasteiger partial charge is 0.257 e. The van der Waals surface area contributed by atoms with Crippen molar-refractivity contribution in [1.29, 1.82) is 0 Å². The van der Waals surface area contributed by atoms with E-state index in [-0.39, 0.29) is 11.8 Å². The number of carbonyl (C=O) groups excluding carboxylic acids is 1. The molecule has 0 spiro atoms. The van der Waals surface area contributed by atoms with E-state index in [2.05, 4.69) is 25.0 Å². The highest BCUT2D eigenvalue weighted by atomic mass is 32.1. The van der Waals surface area contributed by atoms with Crippen LogP contribution in [0.1, 0.15) is 47.6 Å². The number of rotatable bonds is 5. The number of likely N-dealkylation sites (tertiary alicyclic amines) is 1. The molecular weight excluding hydrogens is 348 g/mol. The Hall–Kier alpha value is -2.48. The second-order valence-corrected chi connectivity index (χ2v) is 7.29. The molecule has 0 bridgehead atoms. The van der Waals surface area contributed by atoms with E-state index in [1.807, 2.05) is 35.9 Å². The maximum absolute atomic E-state index is 12.8. The van der Waals surface area contributed by atoms with Gasteiger partial charge in [0.1, 0.15) is 5.82 Å². The summed E-state index contributed by atoms with van der Waals surface area (Å²) in [6.45, 7) is 5.00. The fourth-order valence-electron chi connectivity index (χ4n) is 3.51. The van der Waals surface area contributed by atoms with Gasteiger partial charge in [0.2, 0.25) is 0 Å². The summed E-state index contributed by atoms with van der Waals surface area (Å²) < 4.78 is 3.94. The van der Waals surface area contributed by atoms with Crippen LogP contribution in [0.25, 0.3) is 0 Å². The Bertz CT molecular complexity index is 868. The lowest BCUT2D eigenvalue weighted by molar-refractivity contribution is 0.0703. The predicted octanol–water partition coefficient (Wildman–Crippen LogP) is 2.62. The molecule has 0 N–H and O–H groups in total. The van der Waals surface area contributed by atoms with Crippen LogP contribution in [0.3, 0.4) is 0 Å². The number of carbonyl (C=O) groups is 1. The van der Waals surface area contributed by atoms with E-state index >= 15 is 0 Å². The van der Waals surface area contributed by atoms with Gasteiger partial charge in [0, 0.05) is 49.5 Å². The zero-order valence-corrected chi connectivity index (χ0v) is 15.6. The zero-order chi connectivity index (χ0) is 17.9. The minimum Gasteiger partial charge on any atom is -0.338 e. The van der Waals surface area contributed by atoms with Crippen molar-refractivity contribution in [1.82, 2.24) is 29.2 Å². The Morgan fingerprint density at radius 2 is 2.31 bits per heavy atom. The molecule has 1 amide bonds. The first kappa shape index (κ1) is 17.0. The molecule has 3 aromatic rings. The van der Waals surface area contributed by atoms with E-state index in [0.717, 1.165) is 44.0 Å². The van der Waals surface area contributed by atoms with Gasteiger partial charge in [-0.1, -0.05) is 0 Å². The summed E-state index contributed by atoms with van der Waals surface area (Å²) in [6, 6.07) is 0. The molecule has 0 aliphatic carbocycles. The van der Waals surface area contributed by atoms with Gasteiger partial charge in [-0.3, -0.25) is 9.48 Å².